The summed E-state index contributed by atoms with van der Waals surface area (Å²) in [5, 5.41) is 0. The van der Waals surface area contributed by atoms with E-state index in [0.29, 0.717) is 19.3 Å². The third-order valence-corrected chi connectivity index (χ3v) is 12.6. The predicted molar refractivity (Wildman–Crippen MR) is 302 cm³/mol. The monoisotopic (exact) mass is 975 g/mol. The number of hydrogen-bond acceptors (Lipinski definition) is 6. The molecule has 0 aromatic heterocycles. The van der Waals surface area contributed by atoms with Crippen LogP contribution in [0, 0.1) is 0 Å². The van der Waals surface area contributed by atoms with E-state index in [1.807, 2.05) is 0 Å². The minimum atomic E-state index is -0.784. The van der Waals surface area contributed by atoms with Gasteiger partial charge in [0.25, 0.3) is 0 Å². The Kier molecular flexibility index (Phi) is 55.3. The maximum Gasteiger partial charge on any atom is 0.306 e. The van der Waals surface area contributed by atoms with Crippen molar-refractivity contribution in [3.8, 4) is 0 Å². The molecule has 0 heterocycles. The highest BCUT2D eigenvalue weighted by atomic mass is 16.6. The molecule has 70 heavy (non-hydrogen) atoms. The number of carbonyl (C=O) groups excluding carboxylic acids is 3. The first kappa shape index (κ1) is 66.6. The molecule has 0 rings (SSSR count). The van der Waals surface area contributed by atoms with Gasteiger partial charge in [-0.25, -0.2) is 0 Å². The number of ether oxygens (including phenoxy) is 3. The van der Waals surface area contributed by atoms with Crippen LogP contribution in [0.4, 0.5) is 0 Å². The number of unbranched alkanes of at least 4 members (excludes halogenated alkanes) is 28. The van der Waals surface area contributed by atoms with E-state index in [9.17, 15) is 14.4 Å². The third kappa shape index (κ3) is 55.5. The molecular weight excluding hydrogens is 865 g/mol. The van der Waals surface area contributed by atoms with E-state index in [4.69, 9.17) is 14.2 Å². The van der Waals surface area contributed by atoms with Crippen molar-refractivity contribution in [1.82, 2.24) is 0 Å². The van der Waals surface area contributed by atoms with Gasteiger partial charge in [0.2, 0.25) is 0 Å². The summed E-state index contributed by atoms with van der Waals surface area (Å²) < 4.78 is 16.8. The van der Waals surface area contributed by atoms with Crippen molar-refractivity contribution in [2.75, 3.05) is 13.2 Å². The number of allylic oxidation sites excluding steroid dienone is 14. The van der Waals surface area contributed by atoms with Crippen molar-refractivity contribution in [2.45, 2.75) is 290 Å². The number of rotatable bonds is 53. The van der Waals surface area contributed by atoms with Gasteiger partial charge in [0.1, 0.15) is 13.2 Å². The van der Waals surface area contributed by atoms with Crippen LogP contribution in [-0.4, -0.2) is 37.2 Å². The molecule has 0 amide bonds. The SMILES string of the molecule is CC/C=C\C/C=C\C/C=C\C/C=C\C/C=C\CCCCCCCCCCCCCC(=O)OCC(COC(=O)CCCCCCC/C=C\CCCCC)OC(=O)CCCCCCC/C=C\CCCCCC. The molecule has 0 bridgehead atoms. The Morgan fingerprint density at radius 2 is 0.557 bits per heavy atom. The zero-order valence-electron chi connectivity index (χ0n) is 46.0. The molecule has 6 nitrogen and oxygen atoms in total. The van der Waals surface area contributed by atoms with E-state index in [2.05, 4.69) is 106 Å². The average molecular weight is 976 g/mol. The van der Waals surface area contributed by atoms with Crippen molar-refractivity contribution in [3.63, 3.8) is 0 Å². The van der Waals surface area contributed by atoms with Gasteiger partial charge in [0, 0.05) is 19.3 Å². The molecular formula is C64H110O6. The fraction of sp³-hybridized carbons (Fsp3) is 0.734. The summed E-state index contributed by atoms with van der Waals surface area (Å²) >= 11 is 0. The minimum absolute atomic E-state index is 0.0829. The molecule has 0 N–H and O–H groups in total. The molecule has 0 saturated carbocycles. The Labute approximate surface area is 433 Å². The highest BCUT2D eigenvalue weighted by Gasteiger charge is 2.19. The molecule has 1 atom stereocenters. The summed E-state index contributed by atoms with van der Waals surface area (Å²) in [4.78, 5) is 38.1. The number of carbonyl (C=O) groups is 3. The molecule has 1 unspecified atom stereocenters. The van der Waals surface area contributed by atoms with Gasteiger partial charge >= 0.3 is 17.9 Å². The second kappa shape index (κ2) is 58.2. The van der Waals surface area contributed by atoms with Crippen LogP contribution < -0.4 is 0 Å². The summed E-state index contributed by atoms with van der Waals surface area (Å²) in [6.45, 7) is 6.48. The lowest BCUT2D eigenvalue weighted by Crippen LogP contribution is -2.30. The molecule has 6 heteroatoms. The van der Waals surface area contributed by atoms with Crippen LogP contribution in [0.25, 0.3) is 0 Å². The first-order valence-corrected chi connectivity index (χ1v) is 29.6. The summed E-state index contributed by atoms with van der Waals surface area (Å²) in [7, 11) is 0. The molecule has 0 spiro atoms. The van der Waals surface area contributed by atoms with Crippen LogP contribution in [0.15, 0.2) is 85.1 Å². The van der Waals surface area contributed by atoms with Crippen LogP contribution in [-0.2, 0) is 28.6 Å². The maximum atomic E-state index is 12.8. The second-order valence-electron chi connectivity index (χ2n) is 19.5. The largest absolute Gasteiger partial charge is 0.462 e. The van der Waals surface area contributed by atoms with Gasteiger partial charge in [-0.15, -0.1) is 0 Å². The molecule has 0 aliphatic rings. The van der Waals surface area contributed by atoms with Crippen LogP contribution in [0.5, 0.6) is 0 Å². The predicted octanol–water partition coefficient (Wildman–Crippen LogP) is 19.9. The van der Waals surface area contributed by atoms with Crippen LogP contribution >= 0.6 is 0 Å². The smallest absolute Gasteiger partial charge is 0.306 e. The molecule has 0 aromatic carbocycles. The lowest BCUT2D eigenvalue weighted by atomic mass is 10.0. The molecule has 0 fully saturated rings. The van der Waals surface area contributed by atoms with E-state index < -0.39 is 6.10 Å². The fourth-order valence-corrected chi connectivity index (χ4v) is 8.16. The Morgan fingerprint density at radius 1 is 0.300 bits per heavy atom. The van der Waals surface area contributed by atoms with E-state index >= 15 is 0 Å². The quantitative estimate of drug-likeness (QED) is 0.0261. The van der Waals surface area contributed by atoms with E-state index in [1.54, 1.807) is 0 Å². The van der Waals surface area contributed by atoms with Crippen LogP contribution in [0.2, 0.25) is 0 Å². The lowest BCUT2D eigenvalue weighted by Gasteiger charge is -2.18. The first-order chi connectivity index (χ1) is 34.5. The Hall–Kier alpha value is -3.41. The zero-order chi connectivity index (χ0) is 50.7. The zero-order valence-corrected chi connectivity index (χ0v) is 46.0. The van der Waals surface area contributed by atoms with Crippen molar-refractivity contribution < 1.29 is 28.6 Å². The summed E-state index contributed by atoms with van der Waals surface area (Å²) in [6, 6.07) is 0. The van der Waals surface area contributed by atoms with Gasteiger partial charge in [0.05, 0.1) is 0 Å². The van der Waals surface area contributed by atoms with Gasteiger partial charge in [-0.1, -0.05) is 234 Å². The second-order valence-corrected chi connectivity index (χ2v) is 19.5. The molecule has 0 aliphatic carbocycles. The van der Waals surface area contributed by atoms with Gasteiger partial charge in [0.15, 0.2) is 6.10 Å². The average Bonchev–Trinajstić information content (AvgIpc) is 3.36. The standard InChI is InChI=1S/C64H110O6/c1-4-7-10-13-16-19-22-25-26-27-28-29-30-31-32-33-34-35-36-37-38-40-42-45-48-51-54-57-63(66)69-60-61(59-68-62(65)56-53-50-47-44-41-24-21-18-15-12-9-6-3)70-64(67)58-55-52-49-46-43-39-23-20-17-14-11-8-5-2/h7,10,16,18-21,23,25-26,28-29,31-32,61H,4-6,8-9,11-15,17,22,24,27,30,33-60H2,1-3H3/b10-7-,19-16-,21-18-,23-20-,26-25-,29-28-,32-31-. The molecule has 0 radical (unpaired) electrons. The van der Waals surface area contributed by atoms with Gasteiger partial charge in [-0.3, -0.25) is 14.4 Å². The summed E-state index contributed by atoms with van der Waals surface area (Å²) in [5.74, 6) is -0.898. The Morgan fingerprint density at radius 3 is 0.914 bits per heavy atom. The Bertz CT molecular complexity index is 1350. The number of esters is 3. The van der Waals surface area contributed by atoms with Gasteiger partial charge in [-0.05, 0) is 116 Å². The first-order valence-electron chi connectivity index (χ1n) is 29.6. The fourth-order valence-electron chi connectivity index (χ4n) is 8.16. The van der Waals surface area contributed by atoms with Gasteiger partial charge in [-0.2, -0.15) is 0 Å². The Balaban J connectivity index is 4.25. The third-order valence-electron chi connectivity index (χ3n) is 12.6. The number of hydrogen-bond donors (Lipinski definition) is 0. The van der Waals surface area contributed by atoms with Crippen LogP contribution in [0.1, 0.15) is 284 Å². The molecule has 0 aliphatic heterocycles. The highest BCUT2D eigenvalue weighted by Crippen LogP contribution is 2.15. The van der Waals surface area contributed by atoms with E-state index in [0.717, 1.165) is 109 Å². The van der Waals surface area contributed by atoms with Crippen LogP contribution in [0.3, 0.4) is 0 Å². The highest BCUT2D eigenvalue weighted by molar-refractivity contribution is 5.71. The van der Waals surface area contributed by atoms with Crippen molar-refractivity contribution >= 4 is 17.9 Å². The van der Waals surface area contributed by atoms with Crippen molar-refractivity contribution in [3.05, 3.63) is 85.1 Å². The summed E-state index contributed by atoms with van der Waals surface area (Å²) in [5.41, 5.74) is 0. The maximum absolute atomic E-state index is 12.8. The van der Waals surface area contributed by atoms with Crippen molar-refractivity contribution in [1.29, 1.82) is 0 Å². The van der Waals surface area contributed by atoms with E-state index in [-0.39, 0.29) is 31.1 Å². The van der Waals surface area contributed by atoms with Crippen molar-refractivity contribution in [2.24, 2.45) is 0 Å². The molecule has 0 aromatic rings. The minimum Gasteiger partial charge on any atom is -0.462 e. The molecule has 0 saturated heterocycles. The topological polar surface area (TPSA) is 78.9 Å². The normalized spacial score (nSPS) is 12.7. The lowest BCUT2D eigenvalue weighted by molar-refractivity contribution is -0.167. The van der Waals surface area contributed by atoms with Gasteiger partial charge < -0.3 is 14.2 Å². The molecule has 402 valence electrons. The summed E-state index contributed by atoms with van der Waals surface area (Å²) in [6.07, 6.45) is 75.8. The van der Waals surface area contributed by atoms with E-state index in [1.165, 1.54) is 135 Å².